The van der Waals surface area contributed by atoms with Crippen LogP contribution in [0, 0.1) is 0 Å². The van der Waals surface area contributed by atoms with E-state index in [0.717, 1.165) is 38.5 Å². The standard InChI is InChI=1S/C43H83N2O6P/c1-6-8-10-12-14-16-17-18-19-20-21-22-23-24-25-26-27-29-31-33-35-37-43(47)44-41(40-51-52(48,49)50-39-38-45(3,4)5)42(46)36-34-32-30-28-15-13-11-9-7-2/h15,18-19,28,34,36,41-42,46H,6-14,16-17,20-27,29-33,35,37-40H2,1-5H3,(H-,44,47,48,49)/b19-18+,28-15+,36-34+/t41-,42+/m0/s1. The molecule has 0 saturated heterocycles. The predicted octanol–water partition coefficient (Wildman–Crippen LogP) is 10.9. The van der Waals surface area contributed by atoms with Crippen LogP contribution in [0.15, 0.2) is 36.5 Å². The Labute approximate surface area is 321 Å². The topological polar surface area (TPSA) is 108 Å². The van der Waals surface area contributed by atoms with Gasteiger partial charge in [-0.1, -0.05) is 153 Å². The lowest BCUT2D eigenvalue weighted by atomic mass is 10.0. The number of phosphoric acid groups is 1. The number of carbonyl (C=O) groups is 1. The number of nitrogens with zero attached hydrogens (tertiary/aromatic N) is 1. The quantitative estimate of drug-likeness (QED) is 0.0281. The zero-order valence-corrected chi connectivity index (χ0v) is 35.4. The number of nitrogens with one attached hydrogen (secondary N) is 1. The molecule has 52 heavy (non-hydrogen) atoms. The van der Waals surface area contributed by atoms with Crippen molar-refractivity contribution in [3.8, 4) is 0 Å². The zero-order chi connectivity index (χ0) is 38.6. The van der Waals surface area contributed by atoms with Gasteiger partial charge >= 0.3 is 0 Å². The van der Waals surface area contributed by atoms with E-state index in [2.05, 4.69) is 43.5 Å². The van der Waals surface area contributed by atoms with Gasteiger partial charge in [-0.2, -0.15) is 0 Å². The van der Waals surface area contributed by atoms with Crippen LogP contribution in [0.25, 0.3) is 0 Å². The number of aliphatic hydroxyl groups is 1. The summed E-state index contributed by atoms with van der Waals surface area (Å²) < 4.78 is 23.1. The fraction of sp³-hybridized carbons (Fsp3) is 0.837. The maximum Gasteiger partial charge on any atom is 0.268 e. The van der Waals surface area contributed by atoms with E-state index in [1.165, 1.54) is 122 Å². The molecule has 0 radical (unpaired) electrons. The molecule has 2 N–H and O–H groups in total. The van der Waals surface area contributed by atoms with Crippen molar-refractivity contribution in [1.29, 1.82) is 0 Å². The zero-order valence-electron chi connectivity index (χ0n) is 34.5. The highest BCUT2D eigenvalue weighted by Crippen LogP contribution is 2.38. The highest BCUT2D eigenvalue weighted by atomic mass is 31.2. The van der Waals surface area contributed by atoms with Crippen LogP contribution < -0.4 is 10.2 Å². The Morgan fingerprint density at radius 1 is 0.654 bits per heavy atom. The second kappa shape index (κ2) is 35.4. The van der Waals surface area contributed by atoms with E-state index in [0.29, 0.717) is 17.4 Å². The lowest BCUT2D eigenvalue weighted by molar-refractivity contribution is -0.870. The number of aliphatic hydroxyl groups excluding tert-OH is 1. The van der Waals surface area contributed by atoms with E-state index in [1.807, 2.05) is 27.2 Å². The number of allylic oxidation sites excluding steroid dienone is 5. The van der Waals surface area contributed by atoms with Crippen molar-refractivity contribution < 1.29 is 32.9 Å². The predicted molar refractivity (Wildman–Crippen MR) is 219 cm³/mol. The number of hydrogen-bond acceptors (Lipinski definition) is 6. The smallest absolute Gasteiger partial charge is 0.268 e. The summed E-state index contributed by atoms with van der Waals surface area (Å²) in [6.45, 7) is 4.56. The van der Waals surface area contributed by atoms with E-state index in [9.17, 15) is 19.4 Å². The summed E-state index contributed by atoms with van der Waals surface area (Å²) in [5, 5.41) is 13.7. The molecule has 306 valence electrons. The first-order valence-electron chi connectivity index (χ1n) is 21.4. The van der Waals surface area contributed by atoms with Gasteiger partial charge in [0.05, 0.1) is 39.9 Å². The van der Waals surface area contributed by atoms with Crippen LogP contribution in [0.5, 0.6) is 0 Å². The number of unbranched alkanes of at least 4 members (excludes halogenated alkanes) is 21. The third-order valence-electron chi connectivity index (χ3n) is 9.32. The molecule has 0 aromatic rings. The van der Waals surface area contributed by atoms with E-state index in [1.54, 1.807) is 6.08 Å². The summed E-state index contributed by atoms with van der Waals surface area (Å²) in [5.74, 6) is -0.212. The van der Waals surface area contributed by atoms with Gasteiger partial charge in [0.2, 0.25) is 5.91 Å². The lowest BCUT2D eigenvalue weighted by Gasteiger charge is -2.29. The summed E-state index contributed by atoms with van der Waals surface area (Å²) in [6, 6.07) is -0.899. The summed E-state index contributed by atoms with van der Waals surface area (Å²) in [5.41, 5.74) is 0. The van der Waals surface area contributed by atoms with Crippen LogP contribution in [0.2, 0.25) is 0 Å². The molecule has 9 heteroatoms. The third kappa shape index (κ3) is 37.1. The van der Waals surface area contributed by atoms with Gasteiger partial charge in [-0.3, -0.25) is 9.36 Å². The molecule has 0 heterocycles. The summed E-state index contributed by atoms with van der Waals surface area (Å²) >= 11 is 0. The van der Waals surface area contributed by atoms with Crippen LogP contribution in [0.1, 0.15) is 181 Å². The molecule has 0 saturated carbocycles. The van der Waals surface area contributed by atoms with Crippen molar-refractivity contribution in [2.45, 2.75) is 193 Å². The number of likely N-dealkylation sites (N-methyl/N-ethyl adjacent to an activating group) is 1. The molecule has 0 aliphatic heterocycles. The first-order valence-corrected chi connectivity index (χ1v) is 22.8. The summed E-state index contributed by atoms with van der Waals surface area (Å²) in [6.07, 6.45) is 42.1. The van der Waals surface area contributed by atoms with E-state index < -0.39 is 26.6 Å². The number of phosphoric ester groups is 1. The van der Waals surface area contributed by atoms with Gasteiger partial charge in [0.25, 0.3) is 7.82 Å². The number of hydrogen-bond donors (Lipinski definition) is 2. The molecule has 1 unspecified atom stereocenters. The maximum atomic E-state index is 12.8. The molecular formula is C43H83N2O6P. The molecule has 3 atom stereocenters. The molecule has 0 aliphatic carbocycles. The Morgan fingerprint density at radius 3 is 1.60 bits per heavy atom. The molecule has 0 bridgehead atoms. The van der Waals surface area contributed by atoms with Crippen LogP contribution >= 0.6 is 7.82 Å². The van der Waals surface area contributed by atoms with Crippen molar-refractivity contribution >= 4 is 13.7 Å². The van der Waals surface area contributed by atoms with Gasteiger partial charge in [0.15, 0.2) is 0 Å². The first-order chi connectivity index (χ1) is 25.0. The maximum absolute atomic E-state index is 12.8. The van der Waals surface area contributed by atoms with Crippen molar-refractivity contribution in [2.75, 3.05) is 40.9 Å². The number of rotatable bonds is 38. The Kier molecular flexibility index (Phi) is 34.6. The highest BCUT2D eigenvalue weighted by Gasteiger charge is 2.23. The summed E-state index contributed by atoms with van der Waals surface area (Å²) in [4.78, 5) is 25.2. The van der Waals surface area contributed by atoms with E-state index in [-0.39, 0.29) is 12.5 Å². The average molecular weight is 755 g/mol. The molecule has 8 nitrogen and oxygen atoms in total. The van der Waals surface area contributed by atoms with Crippen LogP contribution in [-0.4, -0.2) is 68.5 Å². The molecule has 0 spiro atoms. The molecule has 0 fully saturated rings. The van der Waals surface area contributed by atoms with Gasteiger partial charge < -0.3 is 28.8 Å². The SMILES string of the molecule is CCCCC/C=C/CC/C=C/[C@@H](O)[C@H](COP(=O)([O-])OCC[N+](C)(C)C)NC(=O)CCCCCCCCCCCCC/C=C/CCCCCCCC. The fourth-order valence-electron chi connectivity index (χ4n) is 5.87. The second-order valence-corrected chi connectivity index (χ2v) is 17.1. The molecule has 0 aromatic carbocycles. The van der Waals surface area contributed by atoms with Crippen LogP contribution in [0.3, 0.4) is 0 Å². The van der Waals surface area contributed by atoms with Crippen molar-refractivity contribution in [3.63, 3.8) is 0 Å². The van der Waals surface area contributed by atoms with Gasteiger partial charge in [0.1, 0.15) is 13.2 Å². The summed E-state index contributed by atoms with van der Waals surface area (Å²) in [7, 11) is 1.24. The van der Waals surface area contributed by atoms with Gasteiger partial charge in [-0.15, -0.1) is 0 Å². The largest absolute Gasteiger partial charge is 0.756 e. The first kappa shape index (κ1) is 50.7. The van der Waals surface area contributed by atoms with E-state index in [4.69, 9.17) is 9.05 Å². The van der Waals surface area contributed by atoms with Crippen molar-refractivity contribution in [3.05, 3.63) is 36.5 Å². The van der Waals surface area contributed by atoms with Crippen molar-refractivity contribution in [2.24, 2.45) is 0 Å². The average Bonchev–Trinajstić information content (AvgIpc) is 3.09. The number of carbonyl (C=O) groups excluding carboxylic acids is 1. The van der Waals surface area contributed by atoms with Gasteiger partial charge in [-0.05, 0) is 57.8 Å². The van der Waals surface area contributed by atoms with Crippen LogP contribution in [0.4, 0.5) is 0 Å². The molecular weight excluding hydrogens is 671 g/mol. The minimum atomic E-state index is -4.59. The normalized spacial score (nSPS) is 14.8. The molecule has 0 aromatic heterocycles. The van der Waals surface area contributed by atoms with Crippen molar-refractivity contribution in [1.82, 2.24) is 5.32 Å². The fourth-order valence-corrected chi connectivity index (χ4v) is 6.59. The number of quaternary nitrogens is 1. The Bertz CT molecular complexity index is 948. The minimum Gasteiger partial charge on any atom is -0.756 e. The Balaban J connectivity index is 4.29. The Morgan fingerprint density at radius 2 is 1.08 bits per heavy atom. The van der Waals surface area contributed by atoms with Gasteiger partial charge in [-0.25, -0.2) is 0 Å². The minimum absolute atomic E-state index is 0.00674. The lowest BCUT2D eigenvalue weighted by Crippen LogP contribution is -2.45. The number of amides is 1. The van der Waals surface area contributed by atoms with E-state index >= 15 is 0 Å². The van der Waals surface area contributed by atoms with Gasteiger partial charge in [0, 0.05) is 6.42 Å². The molecule has 0 rings (SSSR count). The second-order valence-electron chi connectivity index (χ2n) is 15.7. The Hall–Kier alpha value is -1.28. The highest BCUT2D eigenvalue weighted by molar-refractivity contribution is 7.45. The monoisotopic (exact) mass is 755 g/mol. The third-order valence-corrected chi connectivity index (χ3v) is 10.3. The molecule has 0 aliphatic rings. The van der Waals surface area contributed by atoms with Crippen LogP contribution in [-0.2, 0) is 18.4 Å². The molecule has 1 amide bonds.